The SMILES string of the molecule is O=C(NC1CCCN(c2cc(=O)[nH]cn2)C1)C1CCc2nncn2CC1. The number of rotatable bonds is 3. The summed E-state index contributed by atoms with van der Waals surface area (Å²) in [5, 5.41) is 11.3. The van der Waals surface area contributed by atoms with E-state index in [2.05, 4.69) is 30.4 Å². The number of piperidine rings is 1. The molecule has 2 unspecified atom stereocenters. The third-order valence-corrected chi connectivity index (χ3v) is 5.26. The van der Waals surface area contributed by atoms with Crippen LogP contribution in [0.1, 0.15) is 31.5 Å². The topological polar surface area (TPSA) is 109 Å². The number of fused-ring (bicyclic) bond motifs is 1. The highest BCUT2D eigenvalue weighted by Crippen LogP contribution is 2.21. The molecule has 0 bridgehead atoms. The molecule has 4 rings (SSSR count). The molecule has 0 aromatic carbocycles. The molecule has 2 atom stereocenters. The number of aryl methyl sites for hydroxylation is 2. The monoisotopic (exact) mass is 357 g/mol. The minimum atomic E-state index is -0.161. The summed E-state index contributed by atoms with van der Waals surface area (Å²) in [7, 11) is 0. The highest BCUT2D eigenvalue weighted by atomic mass is 16.2. The summed E-state index contributed by atoms with van der Waals surface area (Å²) in [6.45, 7) is 2.31. The first kappa shape index (κ1) is 16.7. The van der Waals surface area contributed by atoms with E-state index in [0.29, 0.717) is 12.4 Å². The molecule has 9 heteroatoms. The molecule has 2 aromatic rings. The van der Waals surface area contributed by atoms with Crippen molar-refractivity contribution in [2.75, 3.05) is 18.0 Å². The zero-order valence-electron chi connectivity index (χ0n) is 14.6. The number of H-pyrrole nitrogens is 1. The summed E-state index contributed by atoms with van der Waals surface area (Å²) >= 11 is 0. The maximum Gasteiger partial charge on any atom is 0.252 e. The van der Waals surface area contributed by atoms with Crippen molar-refractivity contribution in [3.05, 3.63) is 34.9 Å². The second kappa shape index (κ2) is 7.27. The van der Waals surface area contributed by atoms with Crippen LogP contribution in [-0.2, 0) is 17.8 Å². The Morgan fingerprint density at radius 3 is 3.08 bits per heavy atom. The van der Waals surface area contributed by atoms with Gasteiger partial charge in [-0.25, -0.2) is 4.98 Å². The van der Waals surface area contributed by atoms with Crippen molar-refractivity contribution in [1.29, 1.82) is 0 Å². The molecule has 1 saturated heterocycles. The number of aromatic amines is 1. The lowest BCUT2D eigenvalue weighted by Gasteiger charge is -2.34. The molecular weight excluding hydrogens is 334 g/mol. The second-order valence-corrected chi connectivity index (χ2v) is 7.03. The summed E-state index contributed by atoms with van der Waals surface area (Å²) in [5.74, 6) is 1.75. The van der Waals surface area contributed by atoms with E-state index in [0.717, 1.165) is 51.0 Å². The second-order valence-electron chi connectivity index (χ2n) is 7.03. The van der Waals surface area contributed by atoms with Crippen molar-refractivity contribution in [2.45, 2.75) is 44.7 Å². The standard InChI is InChI=1S/C17H23N7O2/c25-16-8-15(18-10-19-16)23-6-1-2-13(9-23)21-17(26)12-3-4-14-22-20-11-24(14)7-5-12/h8,10-13H,1-7,9H2,(H,21,26)(H,18,19,25). The van der Waals surface area contributed by atoms with Crippen LogP contribution in [0.3, 0.4) is 0 Å². The molecule has 2 N–H and O–H groups in total. The Bertz CT molecular complexity index is 808. The molecule has 2 aliphatic rings. The number of aromatic nitrogens is 5. The molecule has 2 aliphatic heterocycles. The smallest absolute Gasteiger partial charge is 0.252 e. The van der Waals surface area contributed by atoms with Crippen LogP contribution in [0.15, 0.2) is 23.5 Å². The molecule has 0 aliphatic carbocycles. The van der Waals surface area contributed by atoms with Crippen LogP contribution >= 0.6 is 0 Å². The van der Waals surface area contributed by atoms with Gasteiger partial charge in [-0.15, -0.1) is 10.2 Å². The van der Waals surface area contributed by atoms with E-state index >= 15 is 0 Å². The Balaban J connectivity index is 1.35. The van der Waals surface area contributed by atoms with Crippen molar-refractivity contribution in [1.82, 2.24) is 30.0 Å². The van der Waals surface area contributed by atoms with Crippen molar-refractivity contribution in [3.63, 3.8) is 0 Å². The van der Waals surface area contributed by atoms with Crippen LogP contribution in [0.25, 0.3) is 0 Å². The first-order chi connectivity index (χ1) is 12.7. The van der Waals surface area contributed by atoms with Gasteiger partial charge in [-0.3, -0.25) is 9.59 Å². The highest BCUT2D eigenvalue weighted by Gasteiger charge is 2.27. The highest BCUT2D eigenvalue weighted by molar-refractivity contribution is 5.79. The lowest BCUT2D eigenvalue weighted by atomic mass is 9.97. The van der Waals surface area contributed by atoms with E-state index in [1.165, 1.54) is 12.4 Å². The minimum absolute atomic E-state index is 0.00442. The molecule has 9 nitrogen and oxygen atoms in total. The minimum Gasteiger partial charge on any atom is -0.354 e. The van der Waals surface area contributed by atoms with Crippen molar-refractivity contribution < 1.29 is 4.79 Å². The molecule has 2 aromatic heterocycles. The average molecular weight is 357 g/mol. The number of amides is 1. The number of carbonyl (C=O) groups excluding carboxylic acids is 1. The average Bonchev–Trinajstić information content (AvgIpc) is 3.00. The van der Waals surface area contributed by atoms with Gasteiger partial charge in [0.25, 0.3) is 5.56 Å². The molecule has 0 spiro atoms. The van der Waals surface area contributed by atoms with E-state index in [4.69, 9.17) is 0 Å². The fraction of sp³-hybridized carbons (Fsp3) is 0.588. The van der Waals surface area contributed by atoms with E-state index < -0.39 is 0 Å². The van der Waals surface area contributed by atoms with Crippen LogP contribution in [0.4, 0.5) is 5.82 Å². The Labute approximate surface area is 150 Å². The van der Waals surface area contributed by atoms with Gasteiger partial charge < -0.3 is 19.8 Å². The molecule has 26 heavy (non-hydrogen) atoms. The van der Waals surface area contributed by atoms with Gasteiger partial charge in [0, 0.05) is 44.1 Å². The number of anilines is 1. The normalized spacial score (nSPS) is 23.2. The fourth-order valence-corrected chi connectivity index (χ4v) is 3.82. The predicted molar refractivity (Wildman–Crippen MR) is 94.7 cm³/mol. The van der Waals surface area contributed by atoms with E-state index in [1.54, 1.807) is 6.33 Å². The summed E-state index contributed by atoms with van der Waals surface area (Å²) < 4.78 is 2.04. The molecule has 0 saturated carbocycles. The van der Waals surface area contributed by atoms with Crippen LogP contribution in [0.2, 0.25) is 0 Å². The zero-order chi connectivity index (χ0) is 17.9. The molecule has 1 fully saturated rings. The van der Waals surface area contributed by atoms with Gasteiger partial charge in [0.1, 0.15) is 18.0 Å². The largest absolute Gasteiger partial charge is 0.354 e. The van der Waals surface area contributed by atoms with Gasteiger partial charge in [-0.2, -0.15) is 0 Å². The third kappa shape index (κ3) is 3.61. The zero-order valence-corrected chi connectivity index (χ0v) is 14.6. The first-order valence-corrected chi connectivity index (χ1v) is 9.16. The Morgan fingerprint density at radius 2 is 2.19 bits per heavy atom. The lowest BCUT2D eigenvalue weighted by molar-refractivity contribution is -0.126. The number of carbonyl (C=O) groups is 1. The third-order valence-electron chi connectivity index (χ3n) is 5.26. The van der Waals surface area contributed by atoms with Crippen LogP contribution in [0, 0.1) is 5.92 Å². The van der Waals surface area contributed by atoms with Crippen LogP contribution in [0.5, 0.6) is 0 Å². The van der Waals surface area contributed by atoms with Crippen LogP contribution in [-0.4, -0.2) is 49.8 Å². The summed E-state index contributed by atoms with van der Waals surface area (Å²) in [4.78, 5) is 33.1. The Kier molecular flexibility index (Phi) is 4.68. The quantitative estimate of drug-likeness (QED) is 0.806. The van der Waals surface area contributed by atoms with E-state index in [1.807, 2.05) is 4.57 Å². The van der Waals surface area contributed by atoms with Crippen molar-refractivity contribution >= 4 is 11.7 Å². The predicted octanol–water partition coefficient (Wildman–Crippen LogP) is 0.0991. The summed E-state index contributed by atoms with van der Waals surface area (Å²) in [5.41, 5.74) is -0.161. The molecule has 4 heterocycles. The number of hydrogen-bond acceptors (Lipinski definition) is 6. The van der Waals surface area contributed by atoms with Gasteiger partial charge in [-0.1, -0.05) is 0 Å². The first-order valence-electron chi connectivity index (χ1n) is 9.16. The summed E-state index contributed by atoms with van der Waals surface area (Å²) in [6.07, 6.45) is 7.46. The van der Waals surface area contributed by atoms with E-state index in [9.17, 15) is 9.59 Å². The van der Waals surface area contributed by atoms with Gasteiger partial charge in [0.15, 0.2) is 0 Å². The number of nitrogens with one attached hydrogen (secondary N) is 2. The molecule has 138 valence electrons. The summed E-state index contributed by atoms with van der Waals surface area (Å²) in [6, 6.07) is 1.59. The number of hydrogen-bond donors (Lipinski definition) is 2. The fourth-order valence-electron chi connectivity index (χ4n) is 3.82. The molecule has 1 amide bonds. The lowest BCUT2D eigenvalue weighted by Crippen LogP contribution is -2.49. The van der Waals surface area contributed by atoms with Gasteiger partial charge in [0.05, 0.1) is 6.33 Å². The van der Waals surface area contributed by atoms with Gasteiger partial charge >= 0.3 is 0 Å². The van der Waals surface area contributed by atoms with Crippen molar-refractivity contribution in [2.24, 2.45) is 5.92 Å². The van der Waals surface area contributed by atoms with Gasteiger partial charge in [0.2, 0.25) is 5.91 Å². The number of nitrogens with zero attached hydrogens (tertiary/aromatic N) is 5. The Hall–Kier alpha value is -2.71. The van der Waals surface area contributed by atoms with Crippen molar-refractivity contribution in [3.8, 4) is 0 Å². The maximum absolute atomic E-state index is 12.7. The van der Waals surface area contributed by atoms with E-state index in [-0.39, 0.29) is 23.4 Å². The molecule has 0 radical (unpaired) electrons. The van der Waals surface area contributed by atoms with Gasteiger partial charge in [-0.05, 0) is 25.7 Å². The molecular formula is C17H23N7O2. The Morgan fingerprint density at radius 1 is 1.27 bits per heavy atom. The van der Waals surface area contributed by atoms with Crippen LogP contribution < -0.4 is 15.8 Å². The maximum atomic E-state index is 12.7.